The zero-order valence-corrected chi connectivity index (χ0v) is 22.7. The second kappa shape index (κ2) is 11.2. The van der Waals surface area contributed by atoms with Crippen LogP contribution in [0.15, 0.2) is 97.6 Å². The van der Waals surface area contributed by atoms with E-state index in [1.807, 2.05) is 71.2 Å². The van der Waals surface area contributed by atoms with Gasteiger partial charge < -0.3 is 20.1 Å². The molecule has 2 N–H and O–H groups in total. The lowest BCUT2D eigenvalue weighted by Gasteiger charge is -2.10. The lowest BCUT2D eigenvalue weighted by molar-refractivity contribution is -0.672. The maximum absolute atomic E-state index is 12.6. The number of aromatic nitrogens is 4. The number of benzene rings is 3. The standard InChI is InChI=1S/C30H28N6O4/c1-33-16-17-34(2)29(33)27(37)31-21-8-12-23(13-9-21)39-25-6-5-7-26(20-25)40-24-14-10-22(11-15-24)32-28(38)30-35(3)18-19-36(30)4/h5-20H,1-4H3/p+2. The van der Waals surface area contributed by atoms with Gasteiger partial charge in [-0.2, -0.15) is 0 Å². The van der Waals surface area contributed by atoms with Crippen LogP contribution >= 0.6 is 0 Å². The number of rotatable bonds is 8. The van der Waals surface area contributed by atoms with E-state index in [9.17, 15) is 9.59 Å². The molecule has 0 bridgehead atoms. The molecule has 202 valence electrons. The average molecular weight is 539 g/mol. The van der Waals surface area contributed by atoms with Crippen molar-refractivity contribution in [3.8, 4) is 23.0 Å². The molecular weight excluding hydrogens is 508 g/mol. The van der Waals surface area contributed by atoms with Gasteiger partial charge in [0.05, 0.1) is 28.2 Å². The number of imidazole rings is 2. The van der Waals surface area contributed by atoms with E-state index in [1.165, 1.54) is 0 Å². The summed E-state index contributed by atoms with van der Waals surface area (Å²) in [5, 5.41) is 5.80. The molecule has 0 unspecified atom stereocenters. The first-order valence-corrected chi connectivity index (χ1v) is 12.6. The molecule has 0 spiro atoms. The predicted octanol–water partition coefficient (Wildman–Crippen LogP) is 4.10. The fourth-order valence-corrected chi connectivity index (χ4v) is 4.28. The molecule has 0 aliphatic rings. The minimum atomic E-state index is -0.200. The Kier molecular flexibility index (Phi) is 7.32. The van der Waals surface area contributed by atoms with Crippen molar-refractivity contribution in [3.63, 3.8) is 0 Å². The topological polar surface area (TPSA) is 94.3 Å². The van der Waals surface area contributed by atoms with Crippen LogP contribution in [-0.2, 0) is 28.2 Å². The molecule has 5 rings (SSSR count). The van der Waals surface area contributed by atoms with Gasteiger partial charge >= 0.3 is 23.5 Å². The van der Waals surface area contributed by atoms with Crippen LogP contribution in [0, 0.1) is 0 Å². The summed E-state index contributed by atoms with van der Waals surface area (Å²) >= 11 is 0. The van der Waals surface area contributed by atoms with Crippen molar-refractivity contribution in [1.82, 2.24) is 9.13 Å². The number of anilines is 2. The Labute approximate surface area is 231 Å². The number of carbonyl (C=O) groups excluding carboxylic acids is 2. The molecular formula is C30H30N6O4+2. The highest BCUT2D eigenvalue weighted by molar-refractivity contribution is 6.01. The molecule has 10 nitrogen and oxygen atoms in total. The van der Waals surface area contributed by atoms with Gasteiger partial charge in [0.15, 0.2) is 0 Å². The Morgan fingerprint density at radius 3 is 1.38 bits per heavy atom. The van der Waals surface area contributed by atoms with Gasteiger partial charge in [-0.05, 0) is 60.7 Å². The van der Waals surface area contributed by atoms with Gasteiger partial charge in [-0.3, -0.25) is 9.59 Å². The first-order chi connectivity index (χ1) is 19.3. The number of amides is 2. The van der Waals surface area contributed by atoms with Crippen molar-refractivity contribution in [2.45, 2.75) is 0 Å². The summed E-state index contributed by atoms with van der Waals surface area (Å²) in [5.74, 6) is 3.12. The Morgan fingerprint density at radius 2 is 1.02 bits per heavy atom. The fraction of sp³-hybridized carbons (Fsp3) is 0.133. The lowest BCUT2D eigenvalue weighted by Crippen LogP contribution is -2.37. The van der Waals surface area contributed by atoms with Crippen LogP contribution in [0.5, 0.6) is 23.0 Å². The normalized spacial score (nSPS) is 10.7. The SMILES string of the molecule is Cn1cc[n+](C)c1C(=O)Nc1ccc(Oc2cccc(Oc3ccc(NC(=O)c4n(C)cc[n+]4C)cc3)c2)cc1. The van der Waals surface area contributed by atoms with E-state index in [0.717, 1.165) is 0 Å². The van der Waals surface area contributed by atoms with E-state index in [0.29, 0.717) is 46.0 Å². The van der Waals surface area contributed by atoms with Crippen LogP contribution in [0.4, 0.5) is 11.4 Å². The summed E-state index contributed by atoms with van der Waals surface area (Å²) in [6.07, 6.45) is 7.30. The molecule has 0 fully saturated rings. The van der Waals surface area contributed by atoms with Crippen LogP contribution in [0.2, 0.25) is 0 Å². The predicted molar refractivity (Wildman–Crippen MR) is 149 cm³/mol. The minimum Gasteiger partial charge on any atom is -0.457 e. The molecule has 0 aliphatic heterocycles. The molecule has 2 aromatic heterocycles. The van der Waals surface area contributed by atoms with Crippen molar-refractivity contribution in [3.05, 3.63) is 109 Å². The molecule has 0 atom stereocenters. The maximum Gasteiger partial charge on any atom is 0.347 e. The molecule has 40 heavy (non-hydrogen) atoms. The van der Waals surface area contributed by atoms with E-state index >= 15 is 0 Å². The number of aryl methyl sites for hydroxylation is 4. The fourth-order valence-electron chi connectivity index (χ4n) is 4.28. The molecule has 0 saturated heterocycles. The molecule has 0 radical (unpaired) electrons. The van der Waals surface area contributed by atoms with Gasteiger partial charge in [-0.1, -0.05) is 6.07 Å². The molecule has 5 aromatic rings. The third-order valence-electron chi connectivity index (χ3n) is 6.27. The van der Waals surface area contributed by atoms with Crippen LogP contribution < -0.4 is 29.2 Å². The van der Waals surface area contributed by atoms with Gasteiger partial charge in [-0.15, -0.1) is 0 Å². The smallest absolute Gasteiger partial charge is 0.347 e. The first kappa shape index (κ1) is 26.2. The number of hydrogen-bond acceptors (Lipinski definition) is 4. The van der Waals surface area contributed by atoms with Crippen molar-refractivity contribution >= 4 is 23.2 Å². The first-order valence-electron chi connectivity index (χ1n) is 12.6. The summed E-state index contributed by atoms with van der Waals surface area (Å²) < 4.78 is 19.0. The molecule has 2 amide bonds. The molecule has 3 aromatic carbocycles. The van der Waals surface area contributed by atoms with Gasteiger partial charge in [-0.25, -0.2) is 18.3 Å². The Balaban J connectivity index is 1.18. The maximum atomic E-state index is 12.6. The van der Waals surface area contributed by atoms with E-state index < -0.39 is 0 Å². The van der Waals surface area contributed by atoms with Crippen molar-refractivity contribution < 1.29 is 28.2 Å². The Hall–Kier alpha value is -5.38. The summed E-state index contributed by atoms with van der Waals surface area (Å²) in [7, 11) is 7.30. The molecule has 2 heterocycles. The third kappa shape index (κ3) is 5.86. The highest BCUT2D eigenvalue weighted by Gasteiger charge is 2.22. The van der Waals surface area contributed by atoms with Gasteiger partial charge in [0.2, 0.25) is 0 Å². The van der Waals surface area contributed by atoms with E-state index in [2.05, 4.69) is 10.6 Å². The van der Waals surface area contributed by atoms with E-state index in [4.69, 9.17) is 9.47 Å². The van der Waals surface area contributed by atoms with E-state index in [-0.39, 0.29) is 11.8 Å². The molecule has 0 aliphatic carbocycles. The second-order valence-electron chi connectivity index (χ2n) is 9.32. The van der Waals surface area contributed by atoms with Gasteiger partial charge in [0.25, 0.3) is 0 Å². The van der Waals surface area contributed by atoms with Gasteiger partial charge in [0, 0.05) is 17.4 Å². The minimum absolute atomic E-state index is 0.200. The number of nitrogens with zero attached hydrogens (tertiary/aromatic N) is 4. The largest absolute Gasteiger partial charge is 0.457 e. The van der Waals surface area contributed by atoms with Gasteiger partial charge in [0.1, 0.15) is 47.8 Å². The van der Waals surface area contributed by atoms with Crippen LogP contribution in [-0.4, -0.2) is 20.9 Å². The summed E-state index contributed by atoms with van der Waals surface area (Å²) in [6, 6.07) is 21.6. The van der Waals surface area contributed by atoms with Crippen molar-refractivity contribution in [2.24, 2.45) is 28.2 Å². The summed E-state index contributed by atoms with van der Waals surface area (Å²) in [5.41, 5.74) is 1.32. The van der Waals surface area contributed by atoms with Crippen LogP contribution in [0.1, 0.15) is 21.2 Å². The number of hydrogen-bond donors (Lipinski definition) is 2. The monoisotopic (exact) mass is 538 g/mol. The second-order valence-corrected chi connectivity index (χ2v) is 9.32. The van der Waals surface area contributed by atoms with Crippen LogP contribution in [0.25, 0.3) is 0 Å². The summed E-state index contributed by atoms with van der Waals surface area (Å²) in [4.78, 5) is 25.2. The van der Waals surface area contributed by atoms with Crippen molar-refractivity contribution in [2.75, 3.05) is 10.6 Å². The van der Waals surface area contributed by atoms with Crippen LogP contribution in [0.3, 0.4) is 0 Å². The Morgan fingerprint density at radius 1 is 0.625 bits per heavy atom. The van der Waals surface area contributed by atoms with Crippen molar-refractivity contribution in [1.29, 1.82) is 0 Å². The quantitative estimate of drug-likeness (QED) is 0.291. The average Bonchev–Trinajstić information content (AvgIpc) is 3.45. The number of nitrogens with one attached hydrogen (secondary N) is 2. The number of carbonyl (C=O) groups is 2. The Bertz CT molecular complexity index is 1510. The zero-order valence-electron chi connectivity index (χ0n) is 22.7. The molecule has 10 heteroatoms. The molecule has 0 saturated carbocycles. The zero-order chi connectivity index (χ0) is 28.2. The third-order valence-corrected chi connectivity index (χ3v) is 6.27. The highest BCUT2D eigenvalue weighted by Crippen LogP contribution is 2.29. The lowest BCUT2D eigenvalue weighted by atomic mass is 10.2. The number of ether oxygens (including phenoxy) is 2. The van der Waals surface area contributed by atoms with E-state index in [1.54, 1.807) is 72.9 Å². The highest BCUT2D eigenvalue weighted by atomic mass is 16.5. The summed E-state index contributed by atoms with van der Waals surface area (Å²) in [6.45, 7) is 0.